The lowest BCUT2D eigenvalue weighted by Crippen LogP contribution is -2.44. The van der Waals surface area contributed by atoms with Gasteiger partial charge < -0.3 is 9.84 Å². The van der Waals surface area contributed by atoms with Gasteiger partial charge in [0.05, 0.1) is 11.3 Å². The second-order valence-electron chi connectivity index (χ2n) is 4.07. The van der Waals surface area contributed by atoms with Gasteiger partial charge in [-0.05, 0) is 20.2 Å². The second kappa shape index (κ2) is 6.58. The van der Waals surface area contributed by atoms with Gasteiger partial charge in [-0.1, -0.05) is 5.16 Å². The molecule has 1 aromatic rings. The molecule has 0 aliphatic carbocycles. The van der Waals surface area contributed by atoms with E-state index in [0.29, 0.717) is 0 Å². The first-order valence-corrected chi connectivity index (χ1v) is 6.78. The van der Waals surface area contributed by atoms with Gasteiger partial charge in [-0.2, -0.15) is 16.7 Å². The third-order valence-electron chi connectivity index (χ3n) is 2.97. The zero-order valence-electron chi connectivity index (χ0n) is 10.3. The highest BCUT2D eigenvalue weighted by molar-refractivity contribution is 7.98. The molecule has 0 bridgehead atoms. The smallest absolute Gasteiger partial charge is 0.239 e. The van der Waals surface area contributed by atoms with E-state index in [-0.39, 0.29) is 23.7 Å². The molecule has 0 spiro atoms. The van der Waals surface area contributed by atoms with Crippen LogP contribution in [0, 0.1) is 0 Å². The van der Waals surface area contributed by atoms with Crippen molar-refractivity contribution in [3.05, 3.63) is 11.7 Å². The molecule has 1 N–H and O–H groups in total. The van der Waals surface area contributed by atoms with Crippen molar-refractivity contribution in [2.24, 2.45) is 0 Å². The van der Waals surface area contributed by atoms with Gasteiger partial charge in [0, 0.05) is 19.6 Å². The van der Waals surface area contributed by atoms with Crippen LogP contribution in [0.3, 0.4) is 0 Å². The quantitative estimate of drug-likeness (QED) is 0.904. The fourth-order valence-electron chi connectivity index (χ4n) is 1.74. The van der Waals surface area contributed by atoms with E-state index < -0.39 is 0 Å². The molecule has 17 heavy (non-hydrogen) atoms. The SMILES string of the molecule is CSC(C)c1nc(C2CNCCN2C)no1.Cl. The van der Waals surface area contributed by atoms with Crippen molar-refractivity contribution in [2.75, 3.05) is 32.9 Å². The molecule has 1 fully saturated rings. The number of hydrogen-bond acceptors (Lipinski definition) is 6. The molecule has 7 heteroatoms. The number of likely N-dealkylation sites (N-methyl/N-ethyl adjacent to an activating group) is 1. The van der Waals surface area contributed by atoms with Crippen LogP contribution in [0.1, 0.15) is 29.9 Å². The van der Waals surface area contributed by atoms with Gasteiger partial charge in [0.25, 0.3) is 0 Å². The first-order chi connectivity index (χ1) is 7.72. The van der Waals surface area contributed by atoms with Gasteiger partial charge >= 0.3 is 0 Å². The summed E-state index contributed by atoms with van der Waals surface area (Å²) in [5.41, 5.74) is 0. The predicted molar refractivity (Wildman–Crippen MR) is 71.7 cm³/mol. The molecule has 98 valence electrons. The summed E-state index contributed by atoms with van der Waals surface area (Å²) >= 11 is 1.71. The minimum absolute atomic E-state index is 0. The average molecular weight is 279 g/mol. The Morgan fingerprint density at radius 1 is 1.59 bits per heavy atom. The highest BCUT2D eigenvalue weighted by Crippen LogP contribution is 2.26. The fraction of sp³-hybridized carbons (Fsp3) is 0.800. The van der Waals surface area contributed by atoms with Gasteiger partial charge in [-0.25, -0.2) is 0 Å². The number of thioether (sulfide) groups is 1. The third-order valence-corrected chi connectivity index (χ3v) is 3.88. The summed E-state index contributed by atoms with van der Waals surface area (Å²) in [6.07, 6.45) is 2.04. The van der Waals surface area contributed by atoms with E-state index in [0.717, 1.165) is 31.3 Å². The van der Waals surface area contributed by atoms with Crippen molar-refractivity contribution < 1.29 is 4.52 Å². The zero-order valence-corrected chi connectivity index (χ0v) is 12.0. The Morgan fingerprint density at radius 3 is 3.00 bits per heavy atom. The van der Waals surface area contributed by atoms with Crippen molar-refractivity contribution in [3.8, 4) is 0 Å². The minimum atomic E-state index is 0. The van der Waals surface area contributed by atoms with E-state index in [2.05, 4.69) is 34.3 Å². The molecule has 0 amide bonds. The molecule has 2 rings (SSSR count). The molecule has 0 aromatic carbocycles. The Labute approximate surface area is 112 Å². The highest BCUT2D eigenvalue weighted by atomic mass is 35.5. The molecule has 2 atom stereocenters. The van der Waals surface area contributed by atoms with Crippen LogP contribution < -0.4 is 5.32 Å². The first-order valence-electron chi connectivity index (χ1n) is 5.49. The van der Waals surface area contributed by atoms with Gasteiger partial charge in [0.2, 0.25) is 5.89 Å². The fourth-order valence-corrected chi connectivity index (χ4v) is 2.04. The monoisotopic (exact) mass is 278 g/mol. The van der Waals surface area contributed by atoms with Crippen molar-refractivity contribution in [1.82, 2.24) is 20.4 Å². The topological polar surface area (TPSA) is 54.2 Å². The van der Waals surface area contributed by atoms with E-state index in [9.17, 15) is 0 Å². The molecule has 1 saturated heterocycles. The maximum atomic E-state index is 5.28. The number of piperazine rings is 1. The molecule has 0 saturated carbocycles. The summed E-state index contributed by atoms with van der Waals surface area (Å²) in [6, 6.07) is 0.236. The zero-order chi connectivity index (χ0) is 11.5. The molecule has 0 radical (unpaired) electrons. The van der Waals surface area contributed by atoms with Crippen LogP contribution in [0.4, 0.5) is 0 Å². The maximum Gasteiger partial charge on any atom is 0.239 e. The summed E-state index contributed by atoms with van der Waals surface area (Å²) in [6.45, 7) is 5.01. The Hall–Kier alpha value is -0.300. The third kappa shape index (κ3) is 3.34. The molecule has 2 heterocycles. The summed E-state index contributed by atoms with van der Waals surface area (Å²) in [4.78, 5) is 6.73. The lowest BCUT2D eigenvalue weighted by atomic mass is 10.2. The van der Waals surface area contributed by atoms with Crippen molar-refractivity contribution in [1.29, 1.82) is 0 Å². The van der Waals surface area contributed by atoms with E-state index >= 15 is 0 Å². The largest absolute Gasteiger partial charge is 0.338 e. The molecular weight excluding hydrogens is 260 g/mol. The van der Waals surface area contributed by atoms with E-state index in [1.807, 2.05) is 6.26 Å². The highest BCUT2D eigenvalue weighted by Gasteiger charge is 2.26. The predicted octanol–water partition coefficient (Wildman–Crippen LogP) is 1.49. The van der Waals surface area contributed by atoms with Crippen LogP contribution in [-0.2, 0) is 0 Å². The molecule has 2 unspecified atom stereocenters. The Balaban J connectivity index is 0.00000144. The van der Waals surface area contributed by atoms with Gasteiger partial charge in [0.1, 0.15) is 0 Å². The summed E-state index contributed by atoms with van der Waals surface area (Å²) in [7, 11) is 2.10. The number of nitrogens with zero attached hydrogens (tertiary/aromatic N) is 3. The molecule has 1 aromatic heterocycles. The first kappa shape index (κ1) is 14.8. The normalized spacial score (nSPS) is 23.1. The number of nitrogens with one attached hydrogen (secondary N) is 1. The molecular formula is C10H19ClN4OS. The van der Waals surface area contributed by atoms with E-state index in [4.69, 9.17) is 4.52 Å². The van der Waals surface area contributed by atoms with Crippen molar-refractivity contribution in [3.63, 3.8) is 0 Å². The van der Waals surface area contributed by atoms with Crippen LogP contribution in [-0.4, -0.2) is 48.0 Å². The summed E-state index contributed by atoms with van der Waals surface area (Å²) in [5, 5.41) is 7.69. The Morgan fingerprint density at radius 2 is 2.35 bits per heavy atom. The molecule has 1 aliphatic rings. The summed E-state index contributed by atoms with van der Waals surface area (Å²) in [5.74, 6) is 1.52. The van der Waals surface area contributed by atoms with Gasteiger partial charge in [-0.3, -0.25) is 4.90 Å². The van der Waals surface area contributed by atoms with Gasteiger partial charge in [0.15, 0.2) is 5.82 Å². The average Bonchev–Trinajstić information content (AvgIpc) is 2.78. The van der Waals surface area contributed by atoms with Crippen LogP contribution in [0.5, 0.6) is 0 Å². The lowest BCUT2D eigenvalue weighted by Gasteiger charge is -2.30. The van der Waals surface area contributed by atoms with E-state index in [1.165, 1.54) is 0 Å². The van der Waals surface area contributed by atoms with Crippen LogP contribution in [0.15, 0.2) is 4.52 Å². The number of rotatable bonds is 3. The summed E-state index contributed by atoms with van der Waals surface area (Å²) < 4.78 is 5.28. The maximum absolute atomic E-state index is 5.28. The van der Waals surface area contributed by atoms with Crippen molar-refractivity contribution in [2.45, 2.75) is 18.2 Å². The van der Waals surface area contributed by atoms with Crippen molar-refractivity contribution >= 4 is 24.2 Å². The van der Waals surface area contributed by atoms with Gasteiger partial charge in [-0.15, -0.1) is 12.4 Å². The van der Waals surface area contributed by atoms with Crippen LogP contribution in [0.25, 0.3) is 0 Å². The number of halogens is 1. The van der Waals surface area contributed by atoms with E-state index in [1.54, 1.807) is 11.8 Å². The Kier molecular flexibility index (Phi) is 5.72. The second-order valence-corrected chi connectivity index (χ2v) is 5.25. The Bertz CT molecular complexity index is 349. The van der Waals surface area contributed by atoms with Crippen LogP contribution >= 0.6 is 24.2 Å². The molecule has 1 aliphatic heterocycles. The minimum Gasteiger partial charge on any atom is -0.338 e. The molecule has 5 nitrogen and oxygen atoms in total. The van der Waals surface area contributed by atoms with Crippen LogP contribution in [0.2, 0.25) is 0 Å². The number of hydrogen-bond donors (Lipinski definition) is 1. The lowest BCUT2D eigenvalue weighted by molar-refractivity contribution is 0.190. The number of aromatic nitrogens is 2. The standard InChI is InChI=1S/C10H18N4OS.ClH/c1-7(16-3)10-12-9(13-15-10)8-6-11-4-5-14(8)2;/h7-8,11H,4-6H2,1-3H3;1H.